The zero-order chi connectivity index (χ0) is 30.4. The second-order valence-electron chi connectivity index (χ2n) is 11.4. The van der Waals surface area contributed by atoms with Crippen LogP contribution in [-0.2, 0) is 4.74 Å². The predicted molar refractivity (Wildman–Crippen MR) is 170 cm³/mol. The van der Waals surface area contributed by atoms with E-state index in [1.54, 1.807) is 12.3 Å². The van der Waals surface area contributed by atoms with Gasteiger partial charge >= 0.3 is 6.09 Å². The van der Waals surface area contributed by atoms with Gasteiger partial charge in [-0.1, -0.05) is 35.9 Å². The zero-order valence-corrected chi connectivity index (χ0v) is 25.8. The van der Waals surface area contributed by atoms with Crippen molar-refractivity contribution in [3.63, 3.8) is 0 Å². The maximum Gasteiger partial charge on any atom is 0.407 e. The number of nitrogens with zero attached hydrogens (tertiary/aromatic N) is 2. The molecule has 0 radical (unpaired) electrons. The van der Waals surface area contributed by atoms with Crippen LogP contribution in [0, 0.1) is 20.8 Å². The molecule has 42 heavy (non-hydrogen) atoms. The van der Waals surface area contributed by atoms with E-state index in [-0.39, 0.29) is 5.91 Å². The van der Waals surface area contributed by atoms with Crippen LogP contribution in [0.3, 0.4) is 0 Å². The van der Waals surface area contributed by atoms with E-state index < -0.39 is 11.7 Å². The highest BCUT2D eigenvalue weighted by Crippen LogP contribution is 2.37. The third-order valence-electron chi connectivity index (χ3n) is 6.63. The van der Waals surface area contributed by atoms with Gasteiger partial charge in [0.2, 0.25) is 0 Å². The summed E-state index contributed by atoms with van der Waals surface area (Å²) in [7, 11) is 0. The predicted octanol–water partition coefficient (Wildman–Crippen LogP) is 7.65. The van der Waals surface area contributed by atoms with Gasteiger partial charge in [0.25, 0.3) is 5.91 Å². The highest BCUT2D eigenvalue weighted by Gasteiger charge is 2.16. The third kappa shape index (κ3) is 7.97. The molecule has 8 nitrogen and oxygen atoms in total. The van der Waals surface area contributed by atoms with Crippen LogP contribution in [-0.4, -0.2) is 40.7 Å². The second kappa shape index (κ2) is 13.2. The van der Waals surface area contributed by atoms with Crippen molar-refractivity contribution in [2.45, 2.75) is 60.0 Å². The Labute approximate surface area is 252 Å². The fraction of sp³-hybridized carbons (Fsp3) is 0.333. The van der Waals surface area contributed by atoms with E-state index in [1.165, 1.54) is 0 Å². The number of alkyl carbamates (subject to hydrolysis) is 1. The number of ether oxygens (including phenoxy) is 1. The molecule has 3 N–H and O–H groups in total. The standard InChI is InChI=1S/C33H38ClN5O3/c1-20-9-10-21(2)28(17-20)39-30-25-18-23(11-13-26(25)38-22(3)29(30)34)24-12-14-27(37-19-24)31(40)35-15-7-8-16-36-32(41)42-33(4,5)6/h9-14,17-19H,7-8,15-16H2,1-6H3,(H,35,40)(H,36,41)(H,38,39). The van der Waals surface area contributed by atoms with Crippen molar-refractivity contribution >= 4 is 45.9 Å². The lowest BCUT2D eigenvalue weighted by atomic mass is 10.0. The summed E-state index contributed by atoms with van der Waals surface area (Å²) in [5, 5.41) is 10.6. The minimum atomic E-state index is -0.528. The van der Waals surface area contributed by atoms with Gasteiger partial charge in [-0.15, -0.1) is 0 Å². The average Bonchev–Trinajstić information content (AvgIpc) is 2.93. The molecular formula is C33H38ClN5O3. The molecule has 9 heteroatoms. The van der Waals surface area contributed by atoms with Crippen molar-refractivity contribution in [3.05, 3.63) is 82.3 Å². The molecule has 0 aliphatic heterocycles. The maximum atomic E-state index is 12.6. The van der Waals surface area contributed by atoms with Crippen molar-refractivity contribution in [3.8, 4) is 11.1 Å². The Kier molecular flexibility index (Phi) is 9.68. The van der Waals surface area contributed by atoms with Gasteiger partial charge in [-0.05, 0) is 95.3 Å². The number of aromatic nitrogens is 2. The summed E-state index contributed by atoms with van der Waals surface area (Å²) in [4.78, 5) is 33.4. The van der Waals surface area contributed by atoms with E-state index in [1.807, 2.05) is 52.0 Å². The SMILES string of the molecule is Cc1ccc(C)c(Nc2c(Cl)c(C)nc3ccc(-c4ccc(C(=O)NCCCCNC(=O)OC(C)(C)C)nc4)cc23)c1. The van der Waals surface area contributed by atoms with Crippen LogP contribution in [0.15, 0.2) is 54.7 Å². The average molecular weight is 588 g/mol. The molecule has 0 aliphatic rings. The van der Waals surface area contributed by atoms with E-state index in [9.17, 15) is 9.59 Å². The number of fused-ring (bicyclic) bond motifs is 1. The van der Waals surface area contributed by atoms with Crippen LogP contribution in [0.25, 0.3) is 22.0 Å². The van der Waals surface area contributed by atoms with Crippen molar-refractivity contribution in [2.75, 3.05) is 18.4 Å². The molecule has 220 valence electrons. The summed E-state index contributed by atoms with van der Waals surface area (Å²) in [6, 6.07) is 15.9. The van der Waals surface area contributed by atoms with E-state index in [0.717, 1.165) is 50.2 Å². The Morgan fingerprint density at radius 1 is 0.905 bits per heavy atom. The first-order valence-electron chi connectivity index (χ1n) is 14.1. The summed E-state index contributed by atoms with van der Waals surface area (Å²) >= 11 is 6.77. The molecule has 4 aromatic rings. The number of amides is 2. The van der Waals surface area contributed by atoms with Gasteiger partial charge < -0.3 is 20.7 Å². The molecule has 0 aliphatic carbocycles. The number of rotatable bonds is 9. The number of hydrogen-bond donors (Lipinski definition) is 3. The van der Waals surface area contributed by atoms with Crippen LogP contribution in [0.1, 0.15) is 60.9 Å². The second-order valence-corrected chi connectivity index (χ2v) is 11.8. The number of hydrogen-bond acceptors (Lipinski definition) is 6. The smallest absolute Gasteiger partial charge is 0.407 e. The third-order valence-corrected chi connectivity index (χ3v) is 7.09. The number of carbonyl (C=O) groups excluding carboxylic acids is 2. The topological polar surface area (TPSA) is 105 Å². The summed E-state index contributed by atoms with van der Waals surface area (Å²) in [5.74, 6) is -0.244. The van der Waals surface area contributed by atoms with Gasteiger partial charge in [-0.25, -0.2) is 4.79 Å². The van der Waals surface area contributed by atoms with E-state index in [2.05, 4.69) is 53.0 Å². The molecule has 2 heterocycles. The Balaban J connectivity index is 1.41. The van der Waals surface area contributed by atoms with E-state index in [0.29, 0.717) is 36.6 Å². The van der Waals surface area contributed by atoms with Gasteiger partial charge in [0.15, 0.2) is 0 Å². The number of pyridine rings is 2. The van der Waals surface area contributed by atoms with Gasteiger partial charge in [0.1, 0.15) is 11.3 Å². The quantitative estimate of drug-likeness (QED) is 0.174. The summed E-state index contributed by atoms with van der Waals surface area (Å²) in [6.07, 6.45) is 2.69. The van der Waals surface area contributed by atoms with Crippen molar-refractivity contribution in [2.24, 2.45) is 0 Å². The molecular weight excluding hydrogens is 550 g/mol. The lowest BCUT2D eigenvalue weighted by Crippen LogP contribution is -2.33. The molecule has 0 saturated carbocycles. The summed E-state index contributed by atoms with van der Waals surface area (Å²) in [5.41, 5.74) is 7.27. The van der Waals surface area contributed by atoms with Crippen LogP contribution < -0.4 is 16.0 Å². The summed E-state index contributed by atoms with van der Waals surface area (Å²) in [6.45, 7) is 12.4. The van der Waals surface area contributed by atoms with Crippen molar-refractivity contribution < 1.29 is 14.3 Å². The normalized spacial score (nSPS) is 11.3. The fourth-order valence-corrected chi connectivity index (χ4v) is 4.61. The molecule has 0 unspecified atom stereocenters. The Bertz CT molecular complexity index is 1600. The lowest BCUT2D eigenvalue weighted by molar-refractivity contribution is 0.0526. The van der Waals surface area contributed by atoms with Gasteiger partial charge in [0.05, 0.1) is 21.9 Å². The van der Waals surface area contributed by atoms with Crippen LogP contribution in [0.5, 0.6) is 0 Å². The first-order chi connectivity index (χ1) is 19.9. The zero-order valence-electron chi connectivity index (χ0n) is 25.0. The highest BCUT2D eigenvalue weighted by molar-refractivity contribution is 6.35. The largest absolute Gasteiger partial charge is 0.444 e. The Morgan fingerprint density at radius 3 is 2.31 bits per heavy atom. The number of nitrogens with one attached hydrogen (secondary N) is 3. The summed E-state index contributed by atoms with van der Waals surface area (Å²) < 4.78 is 5.21. The van der Waals surface area contributed by atoms with E-state index >= 15 is 0 Å². The molecule has 0 fully saturated rings. The fourth-order valence-electron chi connectivity index (χ4n) is 4.42. The highest BCUT2D eigenvalue weighted by atomic mass is 35.5. The van der Waals surface area contributed by atoms with Crippen LogP contribution >= 0.6 is 11.6 Å². The molecule has 0 saturated heterocycles. The van der Waals surface area contributed by atoms with Gasteiger partial charge in [0, 0.05) is 35.9 Å². The van der Waals surface area contributed by atoms with Gasteiger partial charge in [-0.2, -0.15) is 0 Å². The minimum absolute atomic E-state index is 0.244. The van der Waals surface area contributed by atoms with Crippen LogP contribution in [0.4, 0.5) is 16.2 Å². The number of halogens is 1. The van der Waals surface area contributed by atoms with Crippen molar-refractivity contribution in [1.82, 2.24) is 20.6 Å². The number of aryl methyl sites for hydroxylation is 3. The number of benzene rings is 2. The lowest BCUT2D eigenvalue weighted by Gasteiger charge is -2.19. The Hall–Kier alpha value is -4.17. The first-order valence-corrected chi connectivity index (χ1v) is 14.4. The first kappa shape index (κ1) is 30.8. The van der Waals surface area contributed by atoms with E-state index in [4.69, 9.17) is 21.3 Å². The molecule has 2 aromatic carbocycles. The molecule has 4 rings (SSSR count). The van der Waals surface area contributed by atoms with Crippen LogP contribution in [0.2, 0.25) is 5.02 Å². The number of anilines is 2. The van der Waals surface area contributed by atoms with Gasteiger partial charge in [-0.3, -0.25) is 14.8 Å². The Morgan fingerprint density at radius 2 is 1.62 bits per heavy atom. The van der Waals surface area contributed by atoms with Crippen molar-refractivity contribution in [1.29, 1.82) is 0 Å². The molecule has 0 atom stereocenters. The molecule has 0 bridgehead atoms. The molecule has 2 amide bonds. The number of carbonyl (C=O) groups is 2. The molecule has 0 spiro atoms. The monoisotopic (exact) mass is 587 g/mol. The maximum absolute atomic E-state index is 12.6. The molecule has 2 aromatic heterocycles. The minimum Gasteiger partial charge on any atom is -0.444 e. The number of unbranched alkanes of at least 4 members (excludes halogenated alkanes) is 1.